The van der Waals surface area contributed by atoms with E-state index in [1.54, 1.807) is 30.0 Å². The lowest BCUT2D eigenvalue weighted by Crippen LogP contribution is -2.60. The zero-order chi connectivity index (χ0) is 33.5. The number of rotatable bonds is 9. The van der Waals surface area contributed by atoms with E-state index in [4.69, 9.17) is 9.47 Å². The average molecular weight is 671 g/mol. The quantitative estimate of drug-likeness (QED) is 0.228. The predicted octanol–water partition coefficient (Wildman–Crippen LogP) is 3.27. The van der Waals surface area contributed by atoms with Crippen molar-refractivity contribution in [2.45, 2.75) is 44.0 Å². The van der Waals surface area contributed by atoms with Crippen LogP contribution in [0.1, 0.15) is 36.3 Å². The van der Waals surface area contributed by atoms with Gasteiger partial charge in [-0.3, -0.25) is 19.2 Å². The van der Waals surface area contributed by atoms with Crippen molar-refractivity contribution in [3.63, 3.8) is 0 Å². The van der Waals surface area contributed by atoms with E-state index in [1.165, 1.54) is 21.1 Å². The Morgan fingerprint density at radius 1 is 1.06 bits per heavy atom. The molecule has 4 aromatic rings. The molecule has 3 N–H and O–H groups in total. The molecule has 0 radical (unpaired) electrons. The fourth-order valence-electron chi connectivity index (χ4n) is 7.73. The molecule has 12 nitrogen and oxygen atoms in total. The number of benzene rings is 2. The molecule has 2 amide bonds. The van der Waals surface area contributed by atoms with Gasteiger partial charge in [0.25, 0.3) is 11.1 Å². The first-order valence-electron chi connectivity index (χ1n) is 16.1. The van der Waals surface area contributed by atoms with Gasteiger partial charge in [-0.05, 0) is 54.7 Å². The number of H-pyrrole nitrogens is 1. The number of piperidine rings is 1. The maximum absolute atomic E-state index is 14.0. The number of ether oxygens (including phenoxy) is 2. The molecule has 5 heterocycles. The van der Waals surface area contributed by atoms with Crippen LogP contribution >= 0.6 is 11.8 Å². The summed E-state index contributed by atoms with van der Waals surface area (Å²) in [6, 6.07) is 14.6. The van der Waals surface area contributed by atoms with Gasteiger partial charge in [0, 0.05) is 73.5 Å². The topological polar surface area (TPSA) is 148 Å². The summed E-state index contributed by atoms with van der Waals surface area (Å²) in [5.74, 6) is 2.37. The molecular formula is C35H38N6O6S. The summed E-state index contributed by atoms with van der Waals surface area (Å²) in [4.78, 5) is 61.3. The van der Waals surface area contributed by atoms with Gasteiger partial charge in [-0.15, -0.1) is 0 Å². The van der Waals surface area contributed by atoms with Crippen molar-refractivity contribution in [3.05, 3.63) is 86.3 Å². The number of aromatic amines is 1. The van der Waals surface area contributed by atoms with Crippen molar-refractivity contribution >= 4 is 45.9 Å². The van der Waals surface area contributed by atoms with Crippen molar-refractivity contribution in [1.82, 2.24) is 19.9 Å². The summed E-state index contributed by atoms with van der Waals surface area (Å²) in [6.45, 7) is 3.35. The highest BCUT2D eigenvalue weighted by atomic mass is 32.2. The van der Waals surface area contributed by atoms with E-state index in [-0.39, 0.29) is 40.8 Å². The number of nitrogens with zero attached hydrogens (tertiary/aromatic N) is 3. The molecule has 13 heteroatoms. The monoisotopic (exact) mass is 670 g/mol. The number of methoxy groups -OCH3 is 2. The molecule has 7 rings (SSSR count). The summed E-state index contributed by atoms with van der Waals surface area (Å²) in [7, 11) is 3.05. The number of carbonyl (C=O) groups is 2. The van der Waals surface area contributed by atoms with Crippen LogP contribution in [0.15, 0.2) is 58.1 Å². The van der Waals surface area contributed by atoms with Crippen LogP contribution < -0.4 is 36.1 Å². The molecule has 2 aromatic heterocycles. The number of pyridine rings is 1. The van der Waals surface area contributed by atoms with Crippen LogP contribution in [-0.4, -0.2) is 65.5 Å². The Kier molecular flexibility index (Phi) is 8.63. The van der Waals surface area contributed by atoms with E-state index >= 15 is 0 Å². The molecule has 3 aliphatic rings. The van der Waals surface area contributed by atoms with Gasteiger partial charge >= 0.3 is 0 Å². The van der Waals surface area contributed by atoms with Crippen LogP contribution in [0.25, 0.3) is 10.9 Å². The Balaban J connectivity index is 1.08. The zero-order valence-corrected chi connectivity index (χ0v) is 27.9. The van der Waals surface area contributed by atoms with E-state index < -0.39 is 0 Å². The van der Waals surface area contributed by atoms with Crippen molar-refractivity contribution in [2.75, 3.05) is 43.3 Å². The Morgan fingerprint density at radius 2 is 1.88 bits per heavy atom. The maximum Gasteiger partial charge on any atom is 0.258 e. The van der Waals surface area contributed by atoms with Crippen molar-refractivity contribution in [3.8, 4) is 11.5 Å². The van der Waals surface area contributed by atoms with Crippen LogP contribution in [-0.2, 0) is 28.3 Å². The lowest BCUT2D eigenvalue weighted by atomic mass is 9.69. The first-order chi connectivity index (χ1) is 23.2. The molecule has 3 aliphatic heterocycles. The molecule has 250 valence electrons. The van der Waals surface area contributed by atoms with Gasteiger partial charge < -0.3 is 34.6 Å². The highest BCUT2D eigenvalue weighted by molar-refractivity contribution is 7.98. The second kappa shape index (κ2) is 13.0. The molecule has 48 heavy (non-hydrogen) atoms. The highest BCUT2D eigenvalue weighted by Crippen LogP contribution is 2.48. The number of fused-ring (bicyclic) bond motifs is 9. The van der Waals surface area contributed by atoms with Crippen LogP contribution in [0.2, 0.25) is 0 Å². The van der Waals surface area contributed by atoms with E-state index in [0.717, 1.165) is 29.9 Å². The fraction of sp³-hybridized carbons (Fsp3) is 0.400. The van der Waals surface area contributed by atoms with Crippen molar-refractivity contribution in [1.29, 1.82) is 0 Å². The SMILES string of the molecule is COc1cc2nc(CSCCNC(=O)C3Cc4cc(NC(C)=O)ccc4N4CC5CC(c6cccc(=O)n6C5)C34)[nH]c(=O)c2cc1OC. The Labute approximate surface area is 281 Å². The number of anilines is 2. The number of hydrogen-bond acceptors (Lipinski definition) is 9. The smallest absolute Gasteiger partial charge is 0.258 e. The van der Waals surface area contributed by atoms with Crippen LogP contribution in [0, 0.1) is 11.8 Å². The second-order valence-corrected chi connectivity index (χ2v) is 13.8. The van der Waals surface area contributed by atoms with E-state index in [2.05, 4.69) is 31.6 Å². The van der Waals surface area contributed by atoms with Crippen LogP contribution in [0.3, 0.4) is 0 Å². The van der Waals surface area contributed by atoms with E-state index in [1.807, 2.05) is 28.8 Å². The molecule has 1 saturated heterocycles. The number of thioether (sulfide) groups is 1. The van der Waals surface area contributed by atoms with Gasteiger partial charge in [-0.25, -0.2) is 4.98 Å². The summed E-state index contributed by atoms with van der Waals surface area (Å²) in [6.07, 6.45) is 1.46. The van der Waals surface area contributed by atoms with Crippen molar-refractivity contribution < 1.29 is 19.1 Å². The molecule has 0 spiro atoms. The predicted molar refractivity (Wildman–Crippen MR) is 185 cm³/mol. The maximum atomic E-state index is 14.0. The van der Waals surface area contributed by atoms with Gasteiger partial charge in [0.2, 0.25) is 11.8 Å². The molecule has 4 atom stereocenters. The molecule has 0 aliphatic carbocycles. The first-order valence-corrected chi connectivity index (χ1v) is 17.3. The summed E-state index contributed by atoms with van der Waals surface area (Å²) < 4.78 is 12.6. The third kappa shape index (κ3) is 5.91. The molecule has 2 bridgehead atoms. The Bertz CT molecular complexity index is 2030. The van der Waals surface area contributed by atoms with Gasteiger partial charge in [0.05, 0.1) is 36.8 Å². The lowest BCUT2D eigenvalue weighted by molar-refractivity contribution is -0.126. The number of hydrogen-bond donors (Lipinski definition) is 3. The standard InChI is InChI=1S/C35H38N6O6S/c1-19(42)37-22-7-8-27-21(12-22)13-25(33-24-11-20(17-41(27)33)16-40-28(24)5-4-6-32(40)43)34(44)36-9-10-48-18-31-38-26-15-30(47-3)29(46-2)14-23(26)35(45)39-31/h4-8,12,14-15,20,24-25,33H,9-11,13,16-18H2,1-3H3,(H,36,44)(H,37,42)(H,38,39,45). The minimum atomic E-state index is -0.353. The number of aromatic nitrogens is 3. The van der Waals surface area contributed by atoms with Crippen molar-refractivity contribution in [2.24, 2.45) is 11.8 Å². The minimum absolute atomic E-state index is 0.00551. The highest BCUT2D eigenvalue weighted by Gasteiger charge is 2.49. The lowest BCUT2D eigenvalue weighted by Gasteiger charge is -2.54. The third-order valence-corrected chi connectivity index (χ3v) is 10.6. The zero-order valence-electron chi connectivity index (χ0n) is 27.1. The second-order valence-electron chi connectivity index (χ2n) is 12.7. The minimum Gasteiger partial charge on any atom is -0.493 e. The largest absolute Gasteiger partial charge is 0.493 e. The first kappa shape index (κ1) is 31.8. The fourth-order valence-corrected chi connectivity index (χ4v) is 8.45. The Hall–Kier alpha value is -4.78. The number of nitrogens with one attached hydrogen (secondary N) is 3. The van der Waals surface area contributed by atoms with E-state index in [0.29, 0.717) is 70.8 Å². The molecule has 2 aromatic carbocycles. The molecule has 0 saturated carbocycles. The van der Waals surface area contributed by atoms with Gasteiger partial charge in [-0.2, -0.15) is 11.8 Å². The van der Waals surface area contributed by atoms with Gasteiger partial charge in [0.15, 0.2) is 11.5 Å². The average Bonchev–Trinajstić information content (AvgIpc) is 3.07. The molecule has 1 fully saturated rings. The summed E-state index contributed by atoms with van der Waals surface area (Å²) in [5.41, 5.74) is 4.09. The number of carbonyl (C=O) groups excluding carboxylic acids is 2. The van der Waals surface area contributed by atoms with Crippen LogP contribution in [0.5, 0.6) is 11.5 Å². The molecule has 4 unspecified atom stereocenters. The summed E-state index contributed by atoms with van der Waals surface area (Å²) in [5, 5.41) is 6.47. The number of amides is 2. The van der Waals surface area contributed by atoms with Gasteiger partial charge in [0.1, 0.15) is 5.82 Å². The Morgan fingerprint density at radius 3 is 2.67 bits per heavy atom. The van der Waals surface area contributed by atoms with E-state index in [9.17, 15) is 19.2 Å². The van der Waals surface area contributed by atoms with Gasteiger partial charge in [-0.1, -0.05) is 6.07 Å². The summed E-state index contributed by atoms with van der Waals surface area (Å²) >= 11 is 1.56. The van der Waals surface area contributed by atoms with Crippen LogP contribution in [0.4, 0.5) is 11.4 Å². The third-order valence-electron chi connectivity index (χ3n) is 9.66. The molecular weight excluding hydrogens is 632 g/mol. The normalized spacial score (nSPS) is 20.7.